The summed E-state index contributed by atoms with van der Waals surface area (Å²) in [5.74, 6) is 1.59. The monoisotopic (exact) mass is 418 g/mol. The number of nitrogens with zero attached hydrogens (tertiary/aromatic N) is 2. The first-order valence-electron chi connectivity index (χ1n) is 8.71. The molecule has 0 N–H and O–H groups in total. The Labute approximate surface area is 162 Å². The van der Waals surface area contributed by atoms with Crippen molar-refractivity contribution in [2.75, 3.05) is 44.8 Å². The van der Waals surface area contributed by atoms with Gasteiger partial charge < -0.3 is 19.3 Å². The van der Waals surface area contributed by atoms with Gasteiger partial charge in [0.2, 0.25) is 0 Å². The minimum Gasteiger partial charge on any atom is -0.497 e. The predicted molar refractivity (Wildman–Crippen MR) is 106 cm³/mol. The molecule has 0 spiro atoms. The fraction of sp³-hybridized carbons (Fsp3) is 0.350. The molecule has 1 aliphatic heterocycles. The van der Waals surface area contributed by atoms with Crippen LogP contribution in [-0.4, -0.2) is 50.7 Å². The molecule has 1 saturated heterocycles. The molecular formula is C20H23BrN2O3. The number of carbonyl (C=O) groups excluding carboxylic acids is 1. The topological polar surface area (TPSA) is 42.0 Å². The lowest BCUT2D eigenvalue weighted by Gasteiger charge is -2.24. The van der Waals surface area contributed by atoms with Gasteiger partial charge in [0.15, 0.2) is 6.61 Å². The van der Waals surface area contributed by atoms with E-state index in [2.05, 4.69) is 33.0 Å². The van der Waals surface area contributed by atoms with Crippen molar-refractivity contribution in [1.82, 2.24) is 4.90 Å². The zero-order valence-electron chi connectivity index (χ0n) is 14.9. The van der Waals surface area contributed by atoms with E-state index >= 15 is 0 Å². The second-order valence-corrected chi connectivity index (χ2v) is 7.08. The van der Waals surface area contributed by atoms with Crippen molar-refractivity contribution >= 4 is 27.5 Å². The summed E-state index contributed by atoms with van der Waals surface area (Å²) in [6.07, 6.45) is 0.941. The van der Waals surface area contributed by atoms with E-state index in [0.29, 0.717) is 12.3 Å². The number of benzene rings is 2. The summed E-state index contributed by atoms with van der Waals surface area (Å²) < 4.78 is 11.8. The van der Waals surface area contributed by atoms with E-state index in [4.69, 9.17) is 9.47 Å². The number of methoxy groups -OCH3 is 1. The van der Waals surface area contributed by atoms with E-state index in [1.54, 1.807) is 7.11 Å². The SMILES string of the molecule is COc1ccc(N2CCCN(C(=O)COc3ccc(Br)cc3)CC2)cc1. The fourth-order valence-electron chi connectivity index (χ4n) is 2.99. The zero-order chi connectivity index (χ0) is 18.4. The second-order valence-electron chi connectivity index (χ2n) is 6.16. The number of carbonyl (C=O) groups is 1. The Hall–Kier alpha value is -2.21. The van der Waals surface area contributed by atoms with Gasteiger partial charge in [-0.15, -0.1) is 0 Å². The molecule has 0 saturated carbocycles. The highest BCUT2D eigenvalue weighted by Gasteiger charge is 2.19. The van der Waals surface area contributed by atoms with Crippen molar-refractivity contribution in [1.29, 1.82) is 0 Å². The van der Waals surface area contributed by atoms with Gasteiger partial charge in [0.25, 0.3) is 5.91 Å². The second kappa shape index (κ2) is 8.94. The van der Waals surface area contributed by atoms with Crippen LogP contribution in [0.25, 0.3) is 0 Å². The summed E-state index contributed by atoms with van der Waals surface area (Å²) in [6.45, 7) is 3.29. The molecule has 2 aromatic rings. The van der Waals surface area contributed by atoms with Crippen molar-refractivity contribution in [2.24, 2.45) is 0 Å². The average Bonchev–Trinajstić information content (AvgIpc) is 2.94. The van der Waals surface area contributed by atoms with Crippen molar-refractivity contribution in [3.05, 3.63) is 53.0 Å². The van der Waals surface area contributed by atoms with E-state index in [1.807, 2.05) is 41.3 Å². The lowest BCUT2D eigenvalue weighted by Crippen LogP contribution is -2.38. The maximum absolute atomic E-state index is 12.5. The number of hydrogen-bond donors (Lipinski definition) is 0. The van der Waals surface area contributed by atoms with Crippen LogP contribution in [0.4, 0.5) is 5.69 Å². The van der Waals surface area contributed by atoms with Crippen LogP contribution in [0.5, 0.6) is 11.5 Å². The van der Waals surface area contributed by atoms with Gasteiger partial charge in [0.1, 0.15) is 11.5 Å². The standard InChI is InChI=1S/C20H23BrN2O3/c1-25-18-9-5-17(6-10-18)22-11-2-12-23(14-13-22)20(24)15-26-19-7-3-16(21)4-8-19/h3-10H,2,11-15H2,1H3. The first-order valence-corrected chi connectivity index (χ1v) is 9.50. The van der Waals surface area contributed by atoms with Crippen molar-refractivity contribution in [3.8, 4) is 11.5 Å². The normalized spacial score (nSPS) is 14.7. The van der Waals surface area contributed by atoms with E-state index < -0.39 is 0 Å². The molecule has 1 fully saturated rings. The highest BCUT2D eigenvalue weighted by Crippen LogP contribution is 2.21. The minimum absolute atomic E-state index is 0.0319. The third-order valence-electron chi connectivity index (χ3n) is 4.46. The van der Waals surface area contributed by atoms with Gasteiger partial charge >= 0.3 is 0 Å². The molecule has 0 bridgehead atoms. The Balaban J connectivity index is 1.52. The molecule has 0 aliphatic carbocycles. The van der Waals surface area contributed by atoms with Gasteiger partial charge in [-0.2, -0.15) is 0 Å². The van der Waals surface area contributed by atoms with Crippen LogP contribution < -0.4 is 14.4 Å². The van der Waals surface area contributed by atoms with E-state index in [1.165, 1.54) is 0 Å². The van der Waals surface area contributed by atoms with Crippen LogP contribution in [0.2, 0.25) is 0 Å². The molecule has 0 atom stereocenters. The Kier molecular flexibility index (Phi) is 6.39. The Morgan fingerprint density at radius 3 is 2.35 bits per heavy atom. The summed E-state index contributed by atoms with van der Waals surface area (Å²) >= 11 is 3.39. The van der Waals surface area contributed by atoms with Crippen LogP contribution in [0, 0.1) is 0 Å². The molecular weight excluding hydrogens is 396 g/mol. The van der Waals surface area contributed by atoms with E-state index in [0.717, 1.165) is 42.0 Å². The summed E-state index contributed by atoms with van der Waals surface area (Å²) in [5, 5.41) is 0. The smallest absolute Gasteiger partial charge is 0.260 e. The highest BCUT2D eigenvalue weighted by atomic mass is 79.9. The Morgan fingerprint density at radius 2 is 1.65 bits per heavy atom. The van der Waals surface area contributed by atoms with Crippen LogP contribution in [0.1, 0.15) is 6.42 Å². The number of rotatable bonds is 5. The summed E-state index contributed by atoms with van der Waals surface area (Å²) in [6, 6.07) is 15.6. The molecule has 0 aromatic heterocycles. The van der Waals surface area contributed by atoms with Crippen LogP contribution in [0.15, 0.2) is 53.0 Å². The maximum Gasteiger partial charge on any atom is 0.260 e. The van der Waals surface area contributed by atoms with Gasteiger partial charge in [-0.25, -0.2) is 0 Å². The molecule has 6 heteroatoms. The molecule has 0 radical (unpaired) electrons. The molecule has 26 heavy (non-hydrogen) atoms. The summed E-state index contributed by atoms with van der Waals surface area (Å²) in [7, 11) is 1.67. The van der Waals surface area contributed by atoms with Crippen molar-refractivity contribution in [3.63, 3.8) is 0 Å². The van der Waals surface area contributed by atoms with Crippen LogP contribution in [-0.2, 0) is 4.79 Å². The largest absolute Gasteiger partial charge is 0.497 e. The maximum atomic E-state index is 12.5. The van der Waals surface area contributed by atoms with E-state index in [9.17, 15) is 4.79 Å². The zero-order valence-corrected chi connectivity index (χ0v) is 16.4. The molecule has 1 aliphatic rings. The van der Waals surface area contributed by atoms with Gasteiger partial charge in [-0.1, -0.05) is 15.9 Å². The third kappa shape index (κ3) is 4.91. The number of ether oxygens (including phenoxy) is 2. The van der Waals surface area contributed by atoms with Crippen LogP contribution in [0.3, 0.4) is 0 Å². The highest BCUT2D eigenvalue weighted by molar-refractivity contribution is 9.10. The predicted octanol–water partition coefficient (Wildman–Crippen LogP) is 3.58. The first-order chi connectivity index (χ1) is 12.7. The lowest BCUT2D eigenvalue weighted by atomic mass is 10.2. The number of amides is 1. The van der Waals surface area contributed by atoms with Gasteiger partial charge in [0, 0.05) is 36.3 Å². The molecule has 1 heterocycles. The number of halogens is 1. The van der Waals surface area contributed by atoms with Crippen molar-refractivity contribution < 1.29 is 14.3 Å². The number of anilines is 1. The average molecular weight is 419 g/mol. The minimum atomic E-state index is 0.0319. The van der Waals surface area contributed by atoms with Crippen LogP contribution >= 0.6 is 15.9 Å². The molecule has 1 amide bonds. The fourth-order valence-corrected chi connectivity index (χ4v) is 3.25. The molecule has 0 unspecified atom stereocenters. The third-order valence-corrected chi connectivity index (χ3v) is 4.99. The van der Waals surface area contributed by atoms with Gasteiger partial charge in [0.05, 0.1) is 7.11 Å². The quantitative estimate of drug-likeness (QED) is 0.743. The summed E-state index contributed by atoms with van der Waals surface area (Å²) in [4.78, 5) is 16.7. The molecule has 3 rings (SSSR count). The number of hydrogen-bond acceptors (Lipinski definition) is 4. The summed E-state index contributed by atoms with van der Waals surface area (Å²) in [5.41, 5.74) is 1.16. The Morgan fingerprint density at radius 1 is 0.962 bits per heavy atom. The van der Waals surface area contributed by atoms with E-state index in [-0.39, 0.29) is 12.5 Å². The molecule has 138 valence electrons. The molecule has 2 aromatic carbocycles. The molecule has 5 nitrogen and oxygen atoms in total. The lowest BCUT2D eigenvalue weighted by molar-refractivity contribution is -0.133. The first kappa shape index (κ1) is 18.6. The van der Waals surface area contributed by atoms with Gasteiger partial charge in [-0.3, -0.25) is 4.79 Å². The Bertz CT molecular complexity index is 719. The van der Waals surface area contributed by atoms with Crippen molar-refractivity contribution in [2.45, 2.75) is 6.42 Å². The van der Waals surface area contributed by atoms with Gasteiger partial charge in [-0.05, 0) is 55.0 Å².